The first-order chi connectivity index (χ1) is 13.9. The van der Waals surface area contributed by atoms with Gasteiger partial charge in [-0.15, -0.1) is 0 Å². The van der Waals surface area contributed by atoms with E-state index in [1.807, 2.05) is 0 Å². The Morgan fingerprint density at radius 2 is 1.97 bits per heavy atom. The molecule has 0 N–H and O–H groups in total. The zero-order valence-electron chi connectivity index (χ0n) is 16.7. The van der Waals surface area contributed by atoms with E-state index in [1.54, 1.807) is 20.8 Å². The molecule has 0 saturated carbocycles. The smallest absolute Gasteiger partial charge is 0.448 e. The molecule has 0 aliphatic carbocycles. The zero-order chi connectivity index (χ0) is 22.7. The summed E-state index contributed by atoms with van der Waals surface area (Å²) in [5.41, 5.74) is -6.27. The van der Waals surface area contributed by atoms with Gasteiger partial charge in [0.15, 0.2) is 0 Å². The van der Waals surface area contributed by atoms with E-state index in [-0.39, 0.29) is 37.3 Å². The molecule has 1 aliphatic rings. The van der Waals surface area contributed by atoms with Gasteiger partial charge in [-0.1, -0.05) is 39.0 Å². The van der Waals surface area contributed by atoms with Crippen molar-refractivity contribution in [1.29, 1.82) is 0 Å². The molecule has 30 heavy (non-hydrogen) atoms. The number of amides is 2. The Balaban J connectivity index is 2.51. The number of rotatable bonds is 7. The van der Waals surface area contributed by atoms with Crippen LogP contribution < -0.4 is 4.31 Å². The molecule has 1 aromatic carbocycles. The van der Waals surface area contributed by atoms with Gasteiger partial charge < -0.3 is 9.47 Å². The van der Waals surface area contributed by atoms with Crippen molar-refractivity contribution in [2.75, 3.05) is 17.5 Å². The van der Waals surface area contributed by atoms with Crippen molar-refractivity contribution in [3.05, 3.63) is 29.8 Å². The van der Waals surface area contributed by atoms with E-state index >= 15 is 0 Å². The van der Waals surface area contributed by atoms with Crippen molar-refractivity contribution < 1.29 is 40.7 Å². The molecule has 168 valence electrons. The van der Waals surface area contributed by atoms with Crippen LogP contribution in [0.5, 0.6) is 0 Å². The molecule has 0 spiro atoms. The van der Waals surface area contributed by atoms with E-state index in [9.17, 15) is 31.2 Å². The van der Waals surface area contributed by atoms with Gasteiger partial charge in [-0.05, 0) is 24.0 Å². The van der Waals surface area contributed by atoms with E-state index in [0.717, 1.165) is 6.07 Å². The summed E-state index contributed by atoms with van der Waals surface area (Å²) in [5, 5.41) is 0. The summed E-state index contributed by atoms with van der Waals surface area (Å²) in [5.74, 6) is -0.232. The van der Waals surface area contributed by atoms with Crippen molar-refractivity contribution in [3.8, 4) is 0 Å². The third-order valence-corrected chi connectivity index (χ3v) is 5.75. The van der Waals surface area contributed by atoms with E-state index < -0.39 is 37.7 Å². The van der Waals surface area contributed by atoms with Gasteiger partial charge in [-0.3, -0.25) is 4.90 Å². The predicted octanol–water partition coefficient (Wildman–Crippen LogP) is 3.87. The number of carbonyl (C=O) groups excluding carboxylic acids is 2. The summed E-state index contributed by atoms with van der Waals surface area (Å²) < 4.78 is 73.7. The van der Waals surface area contributed by atoms with Crippen LogP contribution >= 0.6 is 0 Å². The molecule has 1 fully saturated rings. The molecular formula is C18H23F3N2O6S. The number of hydrogen-bond acceptors (Lipinski definition) is 6. The zero-order valence-corrected chi connectivity index (χ0v) is 17.5. The standard InChI is InChI=1S/C18H23F3N2O6S/c1-4-14-11-29-16(24)22(14)9-13-7-5-6-8-15(13)23(17(25)28-10-12(2)3)30(26,27)18(19,20)21/h5-8,12,14H,4,9-11H2,1-3H3. The van der Waals surface area contributed by atoms with Gasteiger partial charge in [0, 0.05) is 0 Å². The maximum atomic E-state index is 13.3. The minimum absolute atomic E-state index is 0.0177. The Hall–Kier alpha value is -2.50. The lowest BCUT2D eigenvalue weighted by molar-refractivity contribution is -0.0438. The lowest BCUT2D eigenvalue weighted by Gasteiger charge is -2.27. The second-order valence-corrected chi connectivity index (χ2v) is 8.86. The van der Waals surface area contributed by atoms with Gasteiger partial charge in [-0.25, -0.2) is 9.59 Å². The highest BCUT2D eigenvalue weighted by Gasteiger charge is 2.53. The lowest BCUT2D eigenvalue weighted by atomic mass is 10.1. The Morgan fingerprint density at radius 3 is 2.53 bits per heavy atom. The molecule has 12 heteroatoms. The number of para-hydroxylation sites is 1. The second kappa shape index (κ2) is 9.11. The van der Waals surface area contributed by atoms with Gasteiger partial charge in [0.25, 0.3) is 0 Å². The number of benzene rings is 1. The first kappa shape index (κ1) is 23.8. The van der Waals surface area contributed by atoms with Gasteiger partial charge in [0.1, 0.15) is 6.61 Å². The molecule has 1 aromatic rings. The second-order valence-electron chi connectivity index (χ2n) is 7.08. The van der Waals surface area contributed by atoms with Crippen molar-refractivity contribution in [1.82, 2.24) is 4.90 Å². The first-order valence-electron chi connectivity index (χ1n) is 9.19. The molecular weight excluding hydrogens is 429 g/mol. The van der Waals surface area contributed by atoms with Crippen LogP contribution in [-0.4, -0.2) is 50.3 Å². The Morgan fingerprint density at radius 1 is 1.33 bits per heavy atom. The van der Waals surface area contributed by atoms with Gasteiger partial charge in [0.2, 0.25) is 0 Å². The number of halogens is 3. The number of cyclic esters (lactones) is 1. The molecule has 1 unspecified atom stereocenters. The number of alkyl halides is 3. The lowest BCUT2D eigenvalue weighted by Crippen LogP contribution is -2.46. The number of sulfonamides is 1. The fourth-order valence-electron chi connectivity index (χ4n) is 2.77. The monoisotopic (exact) mass is 452 g/mol. The fourth-order valence-corrected chi connectivity index (χ4v) is 3.67. The highest BCUT2D eigenvalue weighted by atomic mass is 32.2. The Labute approximate surface area is 172 Å². The number of hydrogen-bond donors (Lipinski definition) is 0. The highest BCUT2D eigenvalue weighted by Crippen LogP contribution is 2.34. The van der Waals surface area contributed by atoms with Gasteiger partial charge in [0.05, 0.1) is 24.9 Å². The number of anilines is 1. The predicted molar refractivity (Wildman–Crippen MR) is 101 cm³/mol. The minimum Gasteiger partial charge on any atom is -0.448 e. The van der Waals surface area contributed by atoms with Crippen LogP contribution in [0.4, 0.5) is 28.4 Å². The largest absolute Gasteiger partial charge is 0.517 e. The first-order valence-corrected chi connectivity index (χ1v) is 10.6. The van der Waals surface area contributed by atoms with Crippen LogP contribution in [0.25, 0.3) is 0 Å². The van der Waals surface area contributed by atoms with Crippen LogP contribution in [-0.2, 0) is 26.0 Å². The molecule has 1 aliphatic heterocycles. The van der Waals surface area contributed by atoms with Crippen molar-refractivity contribution in [3.63, 3.8) is 0 Å². The maximum absolute atomic E-state index is 13.3. The van der Waals surface area contributed by atoms with E-state index in [1.165, 1.54) is 23.1 Å². The minimum atomic E-state index is -6.10. The third-order valence-electron chi connectivity index (χ3n) is 4.34. The summed E-state index contributed by atoms with van der Waals surface area (Å²) in [7, 11) is -6.10. The molecule has 0 aromatic heterocycles. The highest BCUT2D eigenvalue weighted by molar-refractivity contribution is 7.94. The summed E-state index contributed by atoms with van der Waals surface area (Å²) >= 11 is 0. The summed E-state index contributed by atoms with van der Waals surface area (Å²) in [6, 6.07) is 4.80. The normalized spacial score (nSPS) is 17.2. The van der Waals surface area contributed by atoms with E-state index in [4.69, 9.17) is 9.47 Å². The summed E-state index contributed by atoms with van der Waals surface area (Å²) in [6.45, 7) is 4.69. The Bertz CT molecular complexity index is 888. The van der Waals surface area contributed by atoms with E-state index in [0.29, 0.717) is 6.42 Å². The van der Waals surface area contributed by atoms with Crippen molar-refractivity contribution >= 4 is 27.9 Å². The molecule has 2 amide bonds. The molecule has 0 bridgehead atoms. The number of nitrogens with zero attached hydrogens (tertiary/aromatic N) is 2. The molecule has 2 rings (SSSR count). The fraction of sp³-hybridized carbons (Fsp3) is 0.556. The number of carbonyl (C=O) groups is 2. The van der Waals surface area contributed by atoms with Crippen molar-refractivity contribution in [2.24, 2.45) is 5.92 Å². The maximum Gasteiger partial charge on any atom is 0.517 e. The molecule has 0 radical (unpaired) electrons. The average molecular weight is 452 g/mol. The topological polar surface area (TPSA) is 93.2 Å². The quantitative estimate of drug-likeness (QED) is 0.624. The van der Waals surface area contributed by atoms with Crippen LogP contribution in [0.3, 0.4) is 0 Å². The molecule has 1 heterocycles. The Kier molecular flexibility index (Phi) is 7.22. The van der Waals surface area contributed by atoms with Crippen LogP contribution in [0.1, 0.15) is 32.8 Å². The van der Waals surface area contributed by atoms with Gasteiger partial charge >= 0.3 is 27.7 Å². The SMILES string of the molecule is CCC1COC(=O)N1Cc1ccccc1N(C(=O)OCC(C)C)S(=O)(=O)C(F)(F)F. The molecule has 8 nitrogen and oxygen atoms in total. The van der Waals surface area contributed by atoms with Crippen molar-refractivity contribution in [2.45, 2.75) is 45.3 Å². The number of ether oxygens (including phenoxy) is 2. The van der Waals surface area contributed by atoms with Crippen LogP contribution in [0.2, 0.25) is 0 Å². The average Bonchev–Trinajstić information content (AvgIpc) is 3.00. The third kappa shape index (κ3) is 4.97. The molecule has 1 saturated heterocycles. The van der Waals surface area contributed by atoms with E-state index in [2.05, 4.69) is 0 Å². The van der Waals surface area contributed by atoms with Crippen LogP contribution in [0.15, 0.2) is 24.3 Å². The van der Waals surface area contributed by atoms with Crippen LogP contribution in [0, 0.1) is 5.92 Å². The summed E-state index contributed by atoms with van der Waals surface area (Å²) in [6.07, 6.45) is -1.83. The molecule has 1 atom stereocenters. The van der Waals surface area contributed by atoms with Gasteiger partial charge in [-0.2, -0.15) is 25.9 Å². The summed E-state index contributed by atoms with van der Waals surface area (Å²) in [4.78, 5) is 25.7.